The van der Waals surface area contributed by atoms with E-state index in [9.17, 15) is 4.79 Å². The minimum Gasteiger partial charge on any atom is -0.373 e. The first-order chi connectivity index (χ1) is 8.22. The zero-order valence-corrected chi connectivity index (χ0v) is 10.8. The van der Waals surface area contributed by atoms with Crippen molar-refractivity contribution in [2.75, 3.05) is 13.2 Å². The Balaban J connectivity index is 2.18. The van der Waals surface area contributed by atoms with E-state index in [1.807, 2.05) is 30.3 Å². The van der Waals surface area contributed by atoms with Crippen molar-refractivity contribution in [1.82, 2.24) is 0 Å². The van der Waals surface area contributed by atoms with Gasteiger partial charge < -0.3 is 4.74 Å². The molecule has 0 fully saturated rings. The van der Waals surface area contributed by atoms with Crippen molar-refractivity contribution in [3.63, 3.8) is 0 Å². The predicted octanol–water partition coefficient (Wildman–Crippen LogP) is 3.25. The van der Waals surface area contributed by atoms with Crippen LogP contribution in [0.15, 0.2) is 30.3 Å². The van der Waals surface area contributed by atoms with Crippen LogP contribution in [0.5, 0.6) is 0 Å². The Morgan fingerprint density at radius 2 is 2.00 bits per heavy atom. The SMILES string of the molecule is CCCC(C)COCC(=O)Cc1ccccc1. The van der Waals surface area contributed by atoms with Crippen molar-refractivity contribution >= 4 is 5.78 Å². The van der Waals surface area contributed by atoms with Crippen molar-refractivity contribution in [2.45, 2.75) is 33.1 Å². The molecule has 0 saturated carbocycles. The molecule has 0 saturated heterocycles. The summed E-state index contributed by atoms with van der Waals surface area (Å²) in [6.45, 7) is 5.25. The highest BCUT2D eigenvalue weighted by molar-refractivity contribution is 5.81. The number of Topliss-reactive ketones (excluding diaryl/α,β-unsaturated/α-hetero) is 1. The average molecular weight is 234 g/mol. The summed E-state index contributed by atoms with van der Waals surface area (Å²) in [4.78, 5) is 11.6. The van der Waals surface area contributed by atoms with Gasteiger partial charge in [0.15, 0.2) is 5.78 Å². The summed E-state index contributed by atoms with van der Waals surface area (Å²) in [6.07, 6.45) is 2.80. The van der Waals surface area contributed by atoms with E-state index in [4.69, 9.17) is 4.74 Å². The van der Waals surface area contributed by atoms with Gasteiger partial charge in [0.1, 0.15) is 6.61 Å². The molecular weight excluding hydrogens is 212 g/mol. The zero-order valence-electron chi connectivity index (χ0n) is 10.8. The van der Waals surface area contributed by atoms with Crippen molar-refractivity contribution in [3.05, 3.63) is 35.9 Å². The van der Waals surface area contributed by atoms with Gasteiger partial charge in [0.2, 0.25) is 0 Å². The quantitative estimate of drug-likeness (QED) is 0.690. The lowest BCUT2D eigenvalue weighted by atomic mass is 10.1. The van der Waals surface area contributed by atoms with Crippen LogP contribution in [0.3, 0.4) is 0 Å². The third-order valence-electron chi connectivity index (χ3n) is 2.69. The highest BCUT2D eigenvalue weighted by Gasteiger charge is 2.05. The molecule has 2 nitrogen and oxygen atoms in total. The Labute approximate surface area is 104 Å². The summed E-state index contributed by atoms with van der Waals surface area (Å²) in [5, 5.41) is 0. The molecule has 2 heteroatoms. The number of ketones is 1. The van der Waals surface area contributed by atoms with Crippen LogP contribution in [0.2, 0.25) is 0 Å². The van der Waals surface area contributed by atoms with Gasteiger partial charge in [-0.15, -0.1) is 0 Å². The van der Waals surface area contributed by atoms with Gasteiger partial charge in [0.25, 0.3) is 0 Å². The van der Waals surface area contributed by atoms with E-state index in [2.05, 4.69) is 13.8 Å². The Hall–Kier alpha value is -1.15. The molecule has 17 heavy (non-hydrogen) atoms. The van der Waals surface area contributed by atoms with Crippen LogP contribution in [0.4, 0.5) is 0 Å². The second-order valence-corrected chi connectivity index (χ2v) is 4.61. The minimum absolute atomic E-state index is 0.153. The number of hydrogen-bond donors (Lipinski definition) is 0. The molecule has 0 aliphatic carbocycles. The van der Waals surface area contributed by atoms with Crippen LogP contribution in [-0.4, -0.2) is 19.0 Å². The predicted molar refractivity (Wildman–Crippen MR) is 70.0 cm³/mol. The first-order valence-electron chi connectivity index (χ1n) is 6.35. The number of hydrogen-bond acceptors (Lipinski definition) is 2. The van der Waals surface area contributed by atoms with Crippen LogP contribution in [-0.2, 0) is 16.0 Å². The largest absolute Gasteiger partial charge is 0.373 e. The van der Waals surface area contributed by atoms with Crippen LogP contribution < -0.4 is 0 Å². The number of ether oxygens (including phenoxy) is 1. The molecule has 1 aromatic rings. The molecule has 0 aromatic heterocycles. The number of carbonyl (C=O) groups excluding carboxylic acids is 1. The van der Waals surface area contributed by atoms with Crippen LogP contribution in [0.25, 0.3) is 0 Å². The first-order valence-corrected chi connectivity index (χ1v) is 6.35. The van der Waals surface area contributed by atoms with Gasteiger partial charge in [0, 0.05) is 13.0 Å². The van der Waals surface area contributed by atoms with E-state index < -0.39 is 0 Å². The number of benzene rings is 1. The molecular formula is C15H22O2. The van der Waals surface area contributed by atoms with Crippen molar-refractivity contribution in [3.8, 4) is 0 Å². The molecule has 0 spiro atoms. The Morgan fingerprint density at radius 1 is 1.29 bits per heavy atom. The molecule has 1 aromatic carbocycles. The molecule has 0 heterocycles. The Morgan fingerprint density at radius 3 is 2.65 bits per heavy atom. The van der Waals surface area contributed by atoms with Crippen LogP contribution in [0.1, 0.15) is 32.3 Å². The fourth-order valence-corrected chi connectivity index (χ4v) is 1.82. The van der Waals surface area contributed by atoms with Crippen LogP contribution in [0, 0.1) is 5.92 Å². The van der Waals surface area contributed by atoms with E-state index in [1.165, 1.54) is 6.42 Å². The highest BCUT2D eigenvalue weighted by atomic mass is 16.5. The highest BCUT2D eigenvalue weighted by Crippen LogP contribution is 2.05. The van der Waals surface area contributed by atoms with E-state index in [0.29, 0.717) is 18.9 Å². The van der Waals surface area contributed by atoms with Gasteiger partial charge in [-0.25, -0.2) is 0 Å². The van der Waals surface area contributed by atoms with Gasteiger partial charge in [-0.3, -0.25) is 4.79 Å². The van der Waals surface area contributed by atoms with Crippen molar-refractivity contribution in [2.24, 2.45) is 5.92 Å². The van der Waals surface area contributed by atoms with Gasteiger partial charge in [-0.05, 0) is 17.9 Å². The van der Waals surface area contributed by atoms with Gasteiger partial charge >= 0.3 is 0 Å². The van der Waals surface area contributed by atoms with E-state index >= 15 is 0 Å². The van der Waals surface area contributed by atoms with Crippen LogP contribution >= 0.6 is 0 Å². The second-order valence-electron chi connectivity index (χ2n) is 4.61. The smallest absolute Gasteiger partial charge is 0.162 e. The molecule has 1 unspecified atom stereocenters. The minimum atomic E-state index is 0.153. The molecule has 0 N–H and O–H groups in total. The monoisotopic (exact) mass is 234 g/mol. The van der Waals surface area contributed by atoms with Gasteiger partial charge in [-0.1, -0.05) is 50.6 Å². The van der Waals surface area contributed by atoms with E-state index in [-0.39, 0.29) is 12.4 Å². The van der Waals surface area contributed by atoms with Crippen molar-refractivity contribution in [1.29, 1.82) is 0 Å². The maximum Gasteiger partial charge on any atom is 0.162 e. The van der Waals surface area contributed by atoms with E-state index in [0.717, 1.165) is 12.0 Å². The summed E-state index contributed by atoms with van der Waals surface area (Å²) in [7, 11) is 0. The number of rotatable bonds is 8. The molecule has 0 aliphatic rings. The maximum atomic E-state index is 11.6. The lowest BCUT2D eigenvalue weighted by Crippen LogP contribution is -2.15. The maximum absolute atomic E-state index is 11.6. The second kappa shape index (κ2) is 8.02. The first kappa shape index (κ1) is 13.9. The molecule has 1 atom stereocenters. The topological polar surface area (TPSA) is 26.3 Å². The van der Waals surface area contributed by atoms with Gasteiger partial charge in [0.05, 0.1) is 0 Å². The average Bonchev–Trinajstić information content (AvgIpc) is 2.30. The zero-order chi connectivity index (χ0) is 12.5. The molecule has 0 bridgehead atoms. The summed E-state index contributed by atoms with van der Waals surface area (Å²) >= 11 is 0. The lowest BCUT2D eigenvalue weighted by Gasteiger charge is -2.10. The summed E-state index contributed by atoms with van der Waals surface area (Å²) < 4.78 is 5.43. The molecule has 94 valence electrons. The number of carbonyl (C=O) groups is 1. The summed E-state index contributed by atoms with van der Waals surface area (Å²) in [5.41, 5.74) is 1.06. The fraction of sp³-hybridized carbons (Fsp3) is 0.533. The van der Waals surface area contributed by atoms with Crippen molar-refractivity contribution < 1.29 is 9.53 Å². The Kier molecular flexibility index (Phi) is 6.56. The lowest BCUT2D eigenvalue weighted by molar-refractivity contribution is -0.123. The third-order valence-corrected chi connectivity index (χ3v) is 2.69. The molecule has 0 aliphatic heterocycles. The molecule has 0 amide bonds. The fourth-order valence-electron chi connectivity index (χ4n) is 1.82. The molecule has 1 rings (SSSR count). The summed E-state index contributed by atoms with van der Waals surface area (Å²) in [5.74, 6) is 0.699. The van der Waals surface area contributed by atoms with Gasteiger partial charge in [-0.2, -0.15) is 0 Å². The summed E-state index contributed by atoms with van der Waals surface area (Å²) in [6, 6.07) is 9.80. The third kappa shape index (κ3) is 6.22. The standard InChI is InChI=1S/C15H22O2/c1-3-7-13(2)11-17-12-15(16)10-14-8-5-4-6-9-14/h4-6,8-9,13H,3,7,10-12H2,1-2H3. The Bertz CT molecular complexity index is 319. The normalized spacial score (nSPS) is 12.4. The molecule has 0 radical (unpaired) electrons. The van der Waals surface area contributed by atoms with E-state index in [1.54, 1.807) is 0 Å².